The van der Waals surface area contributed by atoms with Crippen molar-refractivity contribution in [2.45, 2.75) is 32.4 Å². The third kappa shape index (κ3) is 4.16. The molecule has 2 nitrogen and oxygen atoms in total. The van der Waals surface area contributed by atoms with Gasteiger partial charge in [0.25, 0.3) is 0 Å². The van der Waals surface area contributed by atoms with Crippen LogP contribution in [0, 0.1) is 6.92 Å². The highest BCUT2D eigenvalue weighted by Crippen LogP contribution is 2.26. The molecule has 2 atom stereocenters. The number of hydrogen-bond acceptors (Lipinski definition) is 3. The van der Waals surface area contributed by atoms with Crippen molar-refractivity contribution in [3.05, 3.63) is 57.8 Å². The molecule has 3 heteroatoms. The van der Waals surface area contributed by atoms with Crippen LogP contribution in [-0.2, 0) is 6.42 Å². The standard InChI is InChI=1S/C16H21NOS/c1-12-8-9-19-16(12)15(17-11-13(2)18)10-14-6-4-3-5-7-14/h3-9,13,15,17-18H,10-11H2,1-2H3. The van der Waals surface area contributed by atoms with Gasteiger partial charge in [-0.1, -0.05) is 30.3 Å². The molecule has 0 radical (unpaired) electrons. The van der Waals surface area contributed by atoms with Crippen molar-refractivity contribution >= 4 is 11.3 Å². The Morgan fingerprint density at radius 3 is 2.53 bits per heavy atom. The Kier molecular flexibility index (Phi) is 5.14. The van der Waals surface area contributed by atoms with Gasteiger partial charge in [-0.15, -0.1) is 11.3 Å². The predicted octanol–water partition coefficient (Wildman–Crippen LogP) is 3.31. The molecule has 0 saturated carbocycles. The number of hydrogen-bond donors (Lipinski definition) is 2. The zero-order valence-electron chi connectivity index (χ0n) is 11.5. The molecule has 1 heterocycles. The van der Waals surface area contributed by atoms with Gasteiger partial charge >= 0.3 is 0 Å². The van der Waals surface area contributed by atoms with Gasteiger partial charge in [-0.25, -0.2) is 0 Å². The Morgan fingerprint density at radius 2 is 1.95 bits per heavy atom. The number of aryl methyl sites for hydroxylation is 1. The van der Waals surface area contributed by atoms with Crippen LogP contribution < -0.4 is 5.32 Å². The number of nitrogens with one attached hydrogen (secondary N) is 1. The van der Waals surface area contributed by atoms with Crippen LogP contribution in [0.4, 0.5) is 0 Å². The molecule has 1 aromatic heterocycles. The summed E-state index contributed by atoms with van der Waals surface area (Å²) in [6.07, 6.45) is 0.632. The van der Waals surface area contributed by atoms with Crippen LogP contribution in [0.1, 0.15) is 29.0 Å². The second kappa shape index (κ2) is 6.85. The molecular weight excluding hydrogens is 254 g/mol. The van der Waals surface area contributed by atoms with Crippen molar-refractivity contribution in [1.82, 2.24) is 5.32 Å². The van der Waals surface area contributed by atoms with E-state index >= 15 is 0 Å². The Morgan fingerprint density at radius 1 is 1.21 bits per heavy atom. The van der Waals surface area contributed by atoms with E-state index in [0.717, 1.165) is 6.42 Å². The smallest absolute Gasteiger partial charge is 0.0636 e. The van der Waals surface area contributed by atoms with E-state index in [2.05, 4.69) is 48.0 Å². The lowest BCUT2D eigenvalue weighted by atomic mass is 10.0. The van der Waals surface area contributed by atoms with Crippen molar-refractivity contribution in [2.24, 2.45) is 0 Å². The number of benzene rings is 1. The van der Waals surface area contributed by atoms with Crippen molar-refractivity contribution in [2.75, 3.05) is 6.54 Å². The van der Waals surface area contributed by atoms with E-state index in [9.17, 15) is 5.11 Å². The monoisotopic (exact) mass is 275 g/mol. The summed E-state index contributed by atoms with van der Waals surface area (Å²) < 4.78 is 0. The first-order valence-corrected chi connectivity index (χ1v) is 7.54. The summed E-state index contributed by atoms with van der Waals surface area (Å²) in [6.45, 7) is 4.58. The molecule has 0 saturated heterocycles. The van der Waals surface area contributed by atoms with Crippen LogP contribution in [0.2, 0.25) is 0 Å². The minimum absolute atomic E-state index is 0.275. The number of rotatable bonds is 6. The topological polar surface area (TPSA) is 32.3 Å². The van der Waals surface area contributed by atoms with Gasteiger partial charge in [0.15, 0.2) is 0 Å². The quantitative estimate of drug-likeness (QED) is 0.847. The summed E-state index contributed by atoms with van der Waals surface area (Å²) in [5.41, 5.74) is 2.64. The van der Waals surface area contributed by atoms with E-state index in [-0.39, 0.29) is 12.1 Å². The van der Waals surface area contributed by atoms with Gasteiger partial charge in [0.1, 0.15) is 0 Å². The van der Waals surface area contributed by atoms with Gasteiger partial charge in [0.05, 0.1) is 6.10 Å². The first-order chi connectivity index (χ1) is 9.16. The Hall–Kier alpha value is -1.16. The van der Waals surface area contributed by atoms with E-state index in [1.54, 1.807) is 11.3 Å². The van der Waals surface area contributed by atoms with Crippen LogP contribution in [0.15, 0.2) is 41.8 Å². The molecule has 19 heavy (non-hydrogen) atoms. The van der Waals surface area contributed by atoms with Crippen molar-refractivity contribution in [3.8, 4) is 0 Å². The Balaban J connectivity index is 2.13. The fourth-order valence-electron chi connectivity index (χ4n) is 2.16. The van der Waals surface area contributed by atoms with Gasteiger partial charge in [-0.3, -0.25) is 0 Å². The van der Waals surface area contributed by atoms with E-state index in [1.807, 2.05) is 13.0 Å². The maximum absolute atomic E-state index is 9.48. The van der Waals surface area contributed by atoms with E-state index in [1.165, 1.54) is 16.0 Å². The third-order valence-electron chi connectivity index (χ3n) is 3.16. The molecule has 0 aliphatic carbocycles. The zero-order chi connectivity index (χ0) is 13.7. The van der Waals surface area contributed by atoms with Crippen LogP contribution in [0.25, 0.3) is 0 Å². The normalized spacial score (nSPS) is 14.3. The fraction of sp³-hybridized carbons (Fsp3) is 0.375. The second-order valence-corrected chi connectivity index (χ2v) is 5.92. The first kappa shape index (κ1) is 14.3. The number of aliphatic hydroxyl groups is 1. The second-order valence-electron chi connectivity index (χ2n) is 4.97. The van der Waals surface area contributed by atoms with Gasteiger partial charge in [-0.2, -0.15) is 0 Å². The third-order valence-corrected chi connectivity index (χ3v) is 4.29. The molecule has 0 bridgehead atoms. The van der Waals surface area contributed by atoms with Gasteiger partial charge in [-0.05, 0) is 42.8 Å². The molecule has 0 aliphatic heterocycles. The lowest BCUT2D eigenvalue weighted by Gasteiger charge is -2.20. The average molecular weight is 275 g/mol. The molecule has 2 aromatic rings. The van der Waals surface area contributed by atoms with Crippen LogP contribution in [-0.4, -0.2) is 17.8 Å². The van der Waals surface area contributed by atoms with Crippen LogP contribution in [0.3, 0.4) is 0 Å². The highest BCUT2D eigenvalue weighted by atomic mass is 32.1. The minimum atomic E-state index is -0.321. The van der Waals surface area contributed by atoms with Crippen LogP contribution in [0.5, 0.6) is 0 Å². The van der Waals surface area contributed by atoms with Crippen molar-refractivity contribution in [1.29, 1.82) is 0 Å². The van der Waals surface area contributed by atoms with Gasteiger partial charge in [0.2, 0.25) is 0 Å². The lowest BCUT2D eigenvalue weighted by molar-refractivity contribution is 0.186. The van der Waals surface area contributed by atoms with Crippen LogP contribution >= 0.6 is 11.3 Å². The molecule has 2 N–H and O–H groups in total. The molecule has 0 amide bonds. The predicted molar refractivity (Wildman–Crippen MR) is 81.6 cm³/mol. The van der Waals surface area contributed by atoms with E-state index in [0.29, 0.717) is 6.54 Å². The highest BCUT2D eigenvalue weighted by Gasteiger charge is 2.16. The molecule has 102 valence electrons. The molecule has 0 fully saturated rings. The van der Waals surface area contributed by atoms with Gasteiger partial charge < -0.3 is 10.4 Å². The Labute approximate surface area is 119 Å². The maximum Gasteiger partial charge on any atom is 0.0636 e. The van der Waals surface area contributed by atoms with Crippen molar-refractivity contribution < 1.29 is 5.11 Å². The van der Waals surface area contributed by atoms with Crippen molar-refractivity contribution in [3.63, 3.8) is 0 Å². The SMILES string of the molecule is Cc1ccsc1C(Cc1ccccc1)NCC(C)O. The van der Waals surface area contributed by atoms with E-state index < -0.39 is 0 Å². The molecule has 2 rings (SSSR count). The molecule has 1 aromatic carbocycles. The summed E-state index contributed by atoms with van der Waals surface area (Å²) in [6, 6.07) is 12.9. The number of aliphatic hydroxyl groups excluding tert-OH is 1. The molecule has 0 aliphatic rings. The lowest BCUT2D eigenvalue weighted by Crippen LogP contribution is -2.30. The first-order valence-electron chi connectivity index (χ1n) is 6.66. The molecular formula is C16H21NOS. The van der Waals surface area contributed by atoms with Gasteiger partial charge in [0, 0.05) is 17.5 Å². The van der Waals surface area contributed by atoms with E-state index in [4.69, 9.17) is 0 Å². The molecule has 0 spiro atoms. The largest absolute Gasteiger partial charge is 0.392 e. The summed E-state index contributed by atoms with van der Waals surface area (Å²) in [7, 11) is 0. The fourth-order valence-corrected chi connectivity index (χ4v) is 3.17. The summed E-state index contributed by atoms with van der Waals surface area (Å²) in [5.74, 6) is 0. The molecule has 2 unspecified atom stereocenters. The summed E-state index contributed by atoms with van der Waals surface area (Å²) in [5, 5.41) is 15.1. The minimum Gasteiger partial charge on any atom is -0.392 e. The number of thiophene rings is 1. The average Bonchev–Trinajstić information content (AvgIpc) is 2.82. The summed E-state index contributed by atoms with van der Waals surface area (Å²) >= 11 is 1.78. The maximum atomic E-state index is 9.48. The summed E-state index contributed by atoms with van der Waals surface area (Å²) in [4.78, 5) is 1.37. The Bertz CT molecular complexity index is 492. The highest BCUT2D eigenvalue weighted by molar-refractivity contribution is 7.10. The zero-order valence-corrected chi connectivity index (χ0v) is 12.3.